The highest BCUT2D eigenvalue weighted by molar-refractivity contribution is 6.26. The fourth-order valence-corrected chi connectivity index (χ4v) is 3.74. The van der Waals surface area contributed by atoms with E-state index in [9.17, 15) is 9.59 Å². The van der Waals surface area contributed by atoms with Gasteiger partial charge in [0.15, 0.2) is 0 Å². The Balaban J connectivity index is 1.85. The lowest BCUT2D eigenvalue weighted by Crippen LogP contribution is -2.44. The molecule has 2 aromatic rings. The first-order chi connectivity index (χ1) is 12.2. The maximum atomic E-state index is 12.9. The van der Waals surface area contributed by atoms with Crippen molar-refractivity contribution in [2.24, 2.45) is 0 Å². The van der Waals surface area contributed by atoms with Crippen LogP contribution in [-0.2, 0) is 0 Å². The summed E-state index contributed by atoms with van der Waals surface area (Å²) in [7, 11) is 1.81. The number of hydrogen-bond donors (Lipinski definition) is 2. The van der Waals surface area contributed by atoms with Gasteiger partial charge in [0, 0.05) is 66.9 Å². The Morgan fingerprint density at radius 1 is 1.04 bits per heavy atom. The molecule has 1 saturated heterocycles. The number of benzene rings is 2. The van der Waals surface area contributed by atoms with Crippen LogP contribution in [0, 0.1) is 0 Å². The monoisotopic (exact) mass is 338 g/mol. The van der Waals surface area contributed by atoms with E-state index in [0.29, 0.717) is 24.2 Å². The molecule has 2 N–H and O–H groups in total. The van der Waals surface area contributed by atoms with E-state index in [2.05, 4.69) is 15.5 Å². The molecule has 0 spiro atoms. The smallest absolute Gasteiger partial charge is 0.261 e. The Hall–Kier alpha value is -2.44. The number of imide groups is 1. The van der Waals surface area contributed by atoms with Crippen molar-refractivity contribution in [3.63, 3.8) is 0 Å². The molecule has 0 bridgehead atoms. The van der Waals surface area contributed by atoms with Crippen LogP contribution in [0.4, 0.5) is 5.69 Å². The van der Waals surface area contributed by atoms with E-state index in [4.69, 9.17) is 0 Å². The van der Waals surface area contributed by atoms with Crippen molar-refractivity contribution < 1.29 is 9.59 Å². The molecular formula is C19H22N4O2. The van der Waals surface area contributed by atoms with Crippen LogP contribution in [0.5, 0.6) is 0 Å². The molecule has 25 heavy (non-hydrogen) atoms. The fourth-order valence-electron chi connectivity index (χ4n) is 3.74. The van der Waals surface area contributed by atoms with Gasteiger partial charge in [-0.3, -0.25) is 14.5 Å². The van der Waals surface area contributed by atoms with Gasteiger partial charge in [-0.05, 0) is 25.2 Å². The summed E-state index contributed by atoms with van der Waals surface area (Å²) in [5.74, 6) is -0.397. The van der Waals surface area contributed by atoms with Crippen LogP contribution in [0.1, 0.15) is 20.7 Å². The average Bonchev–Trinajstić information content (AvgIpc) is 2.66. The first kappa shape index (κ1) is 16.1. The number of nitrogens with one attached hydrogen (secondary N) is 2. The van der Waals surface area contributed by atoms with Crippen LogP contribution in [0.25, 0.3) is 10.8 Å². The molecule has 0 radical (unpaired) electrons. The maximum Gasteiger partial charge on any atom is 0.261 e. The minimum Gasteiger partial charge on any atom is -0.368 e. The van der Waals surface area contributed by atoms with Gasteiger partial charge in [0.05, 0.1) is 0 Å². The number of likely N-dealkylation sites (N-methyl/N-ethyl adjacent to an activating group) is 1. The molecule has 0 aliphatic carbocycles. The molecular weight excluding hydrogens is 316 g/mol. The second-order valence-corrected chi connectivity index (χ2v) is 6.46. The van der Waals surface area contributed by atoms with Crippen molar-refractivity contribution in [2.75, 3.05) is 51.2 Å². The molecule has 2 aliphatic heterocycles. The van der Waals surface area contributed by atoms with Gasteiger partial charge in [0.25, 0.3) is 11.8 Å². The van der Waals surface area contributed by atoms with Crippen molar-refractivity contribution >= 4 is 28.3 Å². The number of carbonyl (C=O) groups excluding carboxylic acids is 2. The summed E-state index contributed by atoms with van der Waals surface area (Å²) in [4.78, 5) is 29.4. The van der Waals surface area contributed by atoms with Crippen molar-refractivity contribution in [3.8, 4) is 0 Å². The quantitative estimate of drug-likeness (QED) is 0.817. The van der Waals surface area contributed by atoms with Crippen LogP contribution in [-0.4, -0.2) is 63.0 Å². The third kappa shape index (κ3) is 2.58. The normalized spacial score (nSPS) is 17.5. The van der Waals surface area contributed by atoms with Gasteiger partial charge in [0.2, 0.25) is 0 Å². The molecule has 1 fully saturated rings. The summed E-state index contributed by atoms with van der Waals surface area (Å²) in [6.07, 6.45) is 0. The van der Waals surface area contributed by atoms with Crippen LogP contribution in [0.15, 0.2) is 30.3 Å². The largest absolute Gasteiger partial charge is 0.368 e. The molecule has 2 heterocycles. The molecule has 0 unspecified atom stereocenters. The maximum absolute atomic E-state index is 12.9. The highest BCUT2D eigenvalue weighted by atomic mass is 16.2. The Morgan fingerprint density at radius 2 is 1.76 bits per heavy atom. The summed E-state index contributed by atoms with van der Waals surface area (Å²) in [5, 5.41) is 8.15. The number of anilines is 1. The zero-order valence-corrected chi connectivity index (χ0v) is 14.3. The number of rotatable bonds is 4. The van der Waals surface area contributed by atoms with Crippen LogP contribution >= 0.6 is 0 Å². The van der Waals surface area contributed by atoms with E-state index >= 15 is 0 Å². The number of amides is 2. The lowest BCUT2D eigenvalue weighted by atomic mass is 9.92. The topological polar surface area (TPSA) is 64.7 Å². The SMILES string of the molecule is CNCCN1C(=O)c2cccc3c(N4CCNCC4)ccc(c23)C1=O. The van der Waals surface area contributed by atoms with Crippen LogP contribution in [0.2, 0.25) is 0 Å². The molecule has 0 saturated carbocycles. The Labute approximate surface area is 146 Å². The van der Waals surface area contributed by atoms with E-state index in [0.717, 1.165) is 42.6 Å². The van der Waals surface area contributed by atoms with Crippen LogP contribution < -0.4 is 15.5 Å². The number of hydrogen-bond acceptors (Lipinski definition) is 5. The van der Waals surface area contributed by atoms with Gasteiger partial charge < -0.3 is 15.5 Å². The van der Waals surface area contributed by atoms with Gasteiger partial charge in [-0.25, -0.2) is 0 Å². The third-order valence-corrected chi connectivity index (χ3v) is 5.01. The second kappa shape index (κ2) is 6.46. The van der Waals surface area contributed by atoms with Gasteiger partial charge in [0.1, 0.15) is 0 Å². The molecule has 130 valence electrons. The number of piperazine rings is 1. The van der Waals surface area contributed by atoms with Crippen molar-refractivity contribution in [2.45, 2.75) is 0 Å². The second-order valence-electron chi connectivity index (χ2n) is 6.46. The molecule has 2 aromatic carbocycles. The van der Waals surface area contributed by atoms with Crippen molar-refractivity contribution in [3.05, 3.63) is 41.5 Å². The zero-order valence-electron chi connectivity index (χ0n) is 14.3. The molecule has 2 aliphatic rings. The summed E-state index contributed by atoms with van der Waals surface area (Å²) in [6.45, 7) is 4.70. The Morgan fingerprint density at radius 3 is 2.48 bits per heavy atom. The highest BCUT2D eigenvalue weighted by Gasteiger charge is 2.33. The third-order valence-electron chi connectivity index (χ3n) is 5.01. The lowest BCUT2D eigenvalue weighted by molar-refractivity contribution is 0.0613. The summed E-state index contributed by atoms with van der Waals surface area (Å²) >= 11 is 0. The molecule has 2 amide bonds. The molecule has 0 aromatic heterocycles. The summed E-state index contributed by atoms with van der Waals surface area (Å²) in [5.41, 5.74) is 2.35. The predicted molar refractivity (Wildman–Crippen MR) is 98.3 cm³/mol. The van der Waals surface area contributed by atoms with Gasteiger partial charge in [-0.1, -0.05) is 12.1 Å². The van der Waals surface area contributed by atoms with E-state index in [1.54, 1.807) is 0 Å². The van der Waals surface area contributed by atoms with E-state index in [-0.39, 0.29) is 11.8 Å². The summed E-state index contributed by atoms with van der Waals surface area (Å²) < 4.78 is 0. The highest BCUT2D eigenvalue weighted by Crippen LogP contribution is 2.35. The van der Waals surface area contributed by atoms with Gasteiger partial charge >= 0.3 is 0 Å². The van der Waals surface area contributed by atoms with E-state index in [1.165, 1.54) is 4.90 Å². The molecule has 6 heteroatoms. The fraction of sp³-hybridized carbons (Fsp3) is 0.368. The van der Waals surface area contributed by atoms with Crippen LogP contribution in [0.3, 0.4) is 0 Å². The predicted octanol–water partition coefficient (Wildman–Crippen LogP) is 1.06. The Kier molecular flexibility index (Phi) is 4.15. The van der Waals surface area contributed by atoms with Crippen molar-refractivity contribution in [1.29, 1.82) is 0 Å². The number of nitrogens with zero attached hydrogens (tertiary/aromatic N) is 2. The zero-order chi connectivity index (χ0) is 17.4. The van der Waals surface area contributed by atoms with E-state index in [1.807, 2.05) is 37.4 Å². The van der Waals surface area contributed by atoms with Gasteiger partial charge in [-0.2, -0.15) is 0 Å². The van der Waals surface area contributed by atoms with Gasteiger partial charge in [-0.15, -0.1) is 0 Å². The average molecular weight is 338 g/mol. The molecule has 6 nitrogen and oxygen atoms in total. The molecule has 0 atom stereocenters. The number of carbonyl (C=O) groups is 2. The van der Waals surface area contributed by atoms with Crippen molar-refractivity contribution in [1.82, 2.24) is 15.5 Å². The minimum atomic E-state index is -0.198. The minimum absolute atomic E-state index is 0.198. The Bertz CT molecular complexity index is 820. The molecule has 4 rings (SSSR count). The lowest BCUT2D eigenvalue weighted by Gasteiger charge is -2.32. The first-order valence-corrected chi connectivity index (χ1v) is 8.74. The first-order valence-electron chi connectivity index (χ1n) is 8.74. The standard InChI is InChI=1S/C19H22N4O2/c1-20-7-12-23-18(24)14-4-2-3-13-16(22-10-8-21-9-11-22)6-5-15(17(13)14)19(23)25/h2-6,20-21H,7-12H2,1H3. The van der Waals surface area contributed by atoms with E-state index < -0.39 is 0 Å². The summed E-state index contributed by atoms with van der Waals surface area (Å²) in [6, 6.07) is 9.66.